The maximum atomic E-state index is 13.8. The summed E-state index contributed by atoms with van der Waals surface area (Å²) in [5.74, 6) is -0.660. The van der Waals surface area contributed by atoms with Crippen LogP contribution in [0.4, 0.5) is 15.9 Å². The second-order valence-corrected chi connectivity index (χ2v) is 6.53. The molecule has 0 atom stereocenters. The fourth-order valence-electron chi connectivity index (χ4n) is 3.09. The number of carbonyl (C=O) groups is 2. The Morgan fingerprint density at radius 1 is 1.22 bits per heavy atom. The van der Waals surface area contributed by atoms with Gasteiger partial charge in [-0.3, -0.25) is 14.5 Å². The number of carbonyl (C=O) groups excluding carboxylic acids is 2. The first kappa shape index (κ1) is 18.8. The van der Waals surface area contributed by atoms with Crippen molar-refractivity contribution in [2.75, 3.05) is 42.9 Å². The van der Waals surface area contributed by atoms with Gasteiger partial charge in [-0.25, -0.2) is 9.37 Å². The van der Waals surface area contributed by atoms with Crippen molar-refractivity contribution in [3.8, 4) is 0 Å². The number of aromatic nitrogens is 1. The van der Waals surface area contributed by atoms with Crippen LogP contribution in [0.15, 0.2) is 36.5 Å². The molecule has 3 N–H and O–H groups in total. The molecule has 2 heterocycles. The van der Waals surface area contributed by atoms with E-state index < -0.39 is 11.7 Å². The summed E-state index contributed by atoms with van der Waals surface area (Å²) >= 11 is 0. The molecule has 3 rings (SSSR count). The third kappa shape index (κ3) is 4.59. The Bertz CT molecular complexity index is 850. The first-order chi connectivity index (χ1) is 12.9. The lowest BCUT2D eigenvalue weighted by Crippen LogP contribution is -2.49. The van der Waals surface area contributed by atoms with E-state index in [-0.39, 0.29) is 18.1 Å². The van der Waals surface area contributed by atoms with E-state index in [1.807, 2.05) is 16.7 Å². The van der Waals surface area contributed by atoms with Gasteiger partial charge < -0.3 is 16.0 Å². The van der Waals surface area contributed by atoms with Gasteiger partial charge in [0.15, 0.2) is 0 Å². The zero-order chi connectivity index (χ0) is 19.4. The fourth-order valence-corrected chi connectivity index (χ4v) is 3.09. The number of nitrogens with zero attached hydrogens (tertiary/aromatic N) is 3. The van der Waals surface area contributed by atoms with Crippen molar-refractivity contribution in [2.45, 2.75) is 6.92 Å². The fraction of sp³-hybridized carbons (Fsp3) is 0.316. The monoisotopic (exact) mass is 371 g/mol. The molecule has 0 aliphatic carbocycles. The number of halogens is 1. The average Bonchev–Trinajstić information content (AvgIpc) is 2.65. The molecule has 0 radical (unpaired) electrons. The molecule has 2 amide bonds. The van der Waals surface area contributed by atoms with E-state index in [4.69, 9.17) is 5.73 Å². The van der Waals surface area contributed by atoms with Crippen molar-refractivity contribution in [3.05, 3.63) is 53.5 Å². The summed E-state index contributed by atoms with van der Waals surface area (Å²) in [5, 5.41) is 2.62. The van der Waals surface area contributed by atoms with Gasteiger partial charge in [-0.1, -0.05) is 6.07 Å². The van der Waals surface area contributed by atoms with E-state index in [2.05, 4.69) is 10.3 Å². The van der Waals surface area contributed by atoms with Crippen LogP contribution in [-0.2, 0) is 4.79 Å². The van der Waals surface area contributed by atoms with E-state index in [1.165, 1.54) is 6.07 Å². The summed E-state index contributed by atoms with van der Waals surface area (Å²) in [6.07, 6.45) is 1.62. The number of nitrogens with one attached hydrogen (secondary N) is 1. The Hall–Kier alpha value is -3.00. The molecule has 1 aromatic heterocycles. The van der Waals surface area contributed by atoms with Crippen molar-refractivity contribution in [1.82, 2.24) is 9.88 Å². The van der Waals surface area contributed by atoms with Crippen molar-refractivity contribution < 1.29 is 14.0 Å². The van der Waals surface area contributed by atoms with Gasteiger partial charge in [0.2, 0.25) is 5.91 Å². The largest absolute Gasteiger partial charge is 0.365 e. The summed E-state index contributed by atoms with van der Waals surface area (Å²) in [6, 6.07) is 7.93. The number of amides is 2. The number of piperazine rings is 1. The van der Waals surface area contributed by atoms with E-state index in [9.17, 15) is 14.0 Å². The number of primary amides is 1. The summed E-state index contributed by atoms with van der Waals surface area (Å²) in [7, 11) is 0. The number of anilines is 2. The quantitative estimate of drug-likeness (QED) is 0.829. The molecule has 0 bridgehead atoms. The van der Waals surface area contributed by atoms with Crippen LogP contribution >= 0.6 is 0 Å². The van der Waals surface area contributed by atoms with Crippen LogP contribution < -0.4 is 16.0 Å². The Labute approximate surface area is 157 Å². The molecule has 1 fully saturated rings. The average molecular weight is 371 g/mol. The van der Waals surface area contributed by atoms with Crippen LogP contribution in [0.3, 0.4) is 0 Å². The zero-order valence-electron chi connectivity index (χ0n) is 15.1. The van der Waals surface area contributed by atoms with Gasteiger partial charge in [-0.05, 0) is 36.8 Å². The maximum absolute atomic E-state index is 13.8. The molecular formula is C19H22FN5O2. The van der Waals surface area contributed by atoms with Gasteiger partial charge in [0.1, 0.15) is 11.6 Å². The highest BCUT2D eigenvalue weighted by molar-refractivity contribution is 5.97. The summed E-state index contributed by atoms with van der Waals surface area (Å²) in [4.78, 5) is 32.0. The molecule has 1 aliphatic rings. The number of hydrogen-bond donors (Lipinski definition) is 2. The van der Waals surface area contributed by atoms with E-state index in [0.717, 1.165) is 5.56 Å². The molecule has 142 valence electrons. The minimum Gasteiger partial charge on any atom is -0.365 e. The Balaban J connectivity index is 1.56. The lowest BCUT2D eigenvalue weighted by atomic mass is 10.2. The van der Waals surface area contributed by atoms with Crippen molar-refractivity contribution >= 4 is 23.3 Å². The molecule has 7 nitrogen and oxygen atoms in total. The van der Waals surface area contributed by atoms with E-state index >= 15 is 0 Å². The van der Waals surface area contributed by atoms with E-state index in [0.29, 0.717) is 37.6 Å². The topological polar surface area (TPSA) is 91.6 Å². The van der Waals surface area contributed by atoms with Gasteiger partial charge in [0.25, 0.3) is 5.91 Å². The predicted molar refractivity (Wildman–Crippen MR) is 101 cm³/mol. The molecule has 0 unspecified atom stereocenters. The van der Waals surface area contributed by atoms with Gasteiger partial charge in [0.05, 0.1) is 17.8 Å². The highest BCUT2D eigenvalue weighted by Gasteiger charge is 2.23. The number of hydrogen-bond acceptors (Lipinski definition) is 5. The smallest absolute Gasteiger partial charge is 0.252 e. The minimum absolute atomic E-state index is 0.173. The maximum Gasteiger partial charge on any atom is 0.252 e. The number of nitrogens with two attached hydrogens (primary N) is 1. The molecule has 0 spiro atoms. The number of aryl methyl sites for hydroxylation is 1. The van der Waals surface area contributed by atoms with Crippen LogP contribution in [-0.4, -0.2) is 54.4 Å². The highest BCUT2D eigenvalue weighted by Crippen LogP contribution is 2.19. The number of rotatable bonds is 5. The number of pyridine rings is 1. The third-order valence-electron chi connectivity index (χ3n) is 4.49. The Morgan fingerprint density at radius 2 is 1.96 bits per heavy atom. The molecule has 2 aromatic rings. The normalized spacial score (nSPS) is 14.8. The zero-order valence-corrected chi connectivity index (χ0v) is 15.1. The predicted octanol–water partition coefficient (Wildman–Crippen LogP) is 1.39. The van der Waals surface area contributed by atoms with Crippen molar-refractivity contribution in [3.63, 3.8) is 0 Å². The van der Waals surface area contributed by atoms with Crippen LogP contribution in [0.1, 0.15) is 15.9 Å². The molecule has 27 heavy (non-hydrogen) atoms. The van der Waals surface area contributed by atoms with Gasteiger partial charge >= 0.3 is 0 Å². The second-order valence-electron chi connectivity index (χ2n) is 6.53. The lowest BCUT2D eigenvalue weighted by Gasteiger charge is -2.35. The molecule has 8 heteroatoms. The summed E-state index contributed by atoms with van der Waals surface area (Å²) in [6.45, 7) is 4.49. The van der Waals surface area contributed by atoms with Crippen molar-refractivity contribution in [2.24, 2.45) is 5.73 Å². The van der Waals surface area contributed by atoms with Gasteiger partial charge in [0, 0.05) is 32.4 Å². The standard InChI is InChI=1S/C19H22FN5O2/c1-13-4-5-15(20)16(11-13)23-17(26)12-24-7-9-25(10-8-24)19-14(18(21)27)3-2-6-22-19/h2-6,11H,7-10,12H2,1H3,(H2,21,27)(H,23,26). The highest BCUT2D eigenvalue weighted by atomic mass is 19.1. The van der Waals surface area contributed by atoms with Crippen LogP contribution in [0.2, 0.25) is 0 Å². The molecule has 1 aromatic carbocycles. The molecular weight excluding hydrogens is 349 g/mol. The number of benzene rings is 1. The Morgan fingerprint density at radius 3 is 2.67 bits per heavy atom. The SMILES string of the molecule is Cc1ccc(F)c(NC(=O)CN2CCN(c3ncccc3C(N)=O)CC2)c1. The second kappa shape index (κ2) is 8.13. The van der Waals surface area contributed by atoms with Gasteiger partial charge in [-0.15, -0.1) is 0 Å². The molecule has 0 saturated carbocycles. The van der Waals surface area contributed by atoms with Crippen LogP contribution in [0.5, 0.6) is 0 Å². The minimum atomic E-state index is -0.514. The lowest BCUT2D eigenvalue weighted by molar-refractivity contribution is -0.117. The van der Waals surface area contributed by atoms with Crippen molar-refractivity contribution in [1.29, 1.82) is 0 Å². The van der Waals surface area contributed by atoms with Crippen LogP contribution in [0, 0.1) is 12.7 Å². The van der Waals surface area contributed by atoms with Gasteiger partial charge in [-0.2, -0.15) is 0 Å². The third-order valence-corrected chi connectivity index (χ3v) is 4.49. The first-order valence-corrected chi connectivity index (χ1v) is 8.72. The summed E-state index contributed by atoms with van der Waals surface area (Å²) < 4.78 is 13.8. The molecule has 1 aliphatic heterocycles. The molecule has 1 saturated heterocycles. The van der Waals surface area contributed by atoms with E-state index in [1.54, 1.807) is 30.5 Å². The summed E-state index contributed by atoms with van der Waals surface area (Å²) in [5.41, 5.74) is 6.87. The first-order valence-electron chi connectivity index (χ1n) is 8.72. The van der Waals surface area contributed by atoms with Crippen LogP contribution in [0.25, 0.3) is 0 Å². The Kier molecular flexibility index (Phi) is 5.66.